The Labute approximate surface area is 182 Å². The molecule has 1 saturated carbocycles. The number of fused-ring (bicyclic) bond motifs is 3. The number of ether oxygens (including phenoxy) is 1. The number of halogens is 1. The number of nitrogens with one attached hydrogen (secondary N) is 1. The maximum absolute atomic E-state index is 7.24. The van der Waals surface area contributed by atoms with Crippen LogP contribution in [0.4, 0.5) is 0 Å². The van der Waals surface area contributed by atoms with Crippen LogP contribution in [0, 0.1) is 12.8 Å². The van der Waals surface area contributed by atoms with E-state index in [0.29, 0.717) is 12.5 Å². The molecule has 1 aliphatic heterocycles. The molecule has 5 nitrogen and oxygen atoms in total. The quantitative estimate of drug-likeness (QED) is 0.611. The van der Waals surface area contributed by atoms with Crippen LogP contribution in [0.25, 0.3) is 5.69 Å². The molecule has 2 aliphatic rings. The van der Waals surface area contributed by atoms with Crippen LogP contribution in [0.1, 0.15) is 48.7 Å². The highest BCUT2D eigenvalue weighted by Crippen LogP contribution is 2.46. The van der Waals surface area contributed by atoms with E-state index in [4.69, 9.17) is 16.3 Å². The van der Waals surface area contributed by atoms with Crippen LogP contribution in [0.2, 0.25) is 0 Å². The number of nitrogens with zero attached hydrogens (tertiary/aromatic N) is 3. The molecule has 30 heavy (non-hydrogen) atoms. The van der Waals surface area contributed by atoms with Crippen LogP contribution in [0.15, 0.2) is 48.8 Å². The molecule has 1 aliphatic carbocycles. The van der Waals surface area contributed by atoms with E-state index in [1.165, 1.54) is 16.7 Å². The zero-order valence-electron chi connectivity index (χ0n) is 17.4. The van der Waals surface area contributed by atoms with Gasteiger partial charge in [0.2, 0.25) is 0 Å². The van der Waals surface area contributed by atoms with E-state index in [9.17, 15) is 0 Å². The molecule has 0 radical (unpaired) electrons. The number of aromatic nitrogens is 3. The minimum Gasteiger partial charge on any atom is -0.490 e. The average Bonchev–Trinajstić information content (AvgIpc) is 3.12. The lowest BCUT2D eigenvalue weighted by Gasteiger charge is -2.40. The van der Waals surface area contributed by atoms with Gasteiger partial charge in [-0.1, -0.05) is 31.2 Å². The molecule has 1 N–H and O–H groups in total. The van der Waals surface area contributed by atoms with Crippen LogP contribution in [0.5, 0.6) is 5.75 Å². The molecule has 2 aromatic carbocycles. The summed E-state index contributed by atoms with van der Waals surface area (Å²) in [5, 5.41) is 11.7. The van der Waals surface area contributed by atoms with Gasteiger partial charge in [0.25, 0.3) is 0 Å². The van der Waals surface area contributed by atoms with Crippen LogP contribution >= 0.6 is 11.6 Å². The van der Waals surface area contributed by atoms with Crippen molar-refractivity contribution in [2.24, 2.45) is 5.92 Å². The lowest BCUT2D eigenvalue weighted by molar-refractivity contribution is 0.0850. The zero-order valence-corrected chi connectivity index (χ0v) is 18.2. The first-order chi connectivity index (χ1) is 14.5. The topological polar surface area (TPSA) is 52.0 Å². The van der Waals surface area contributed by atoms with Crippen LogP contribution in [-0.2, 0) is 18.0 Å². The van der Waals surface area contributed by atoms with Crippen molar-refractivity contribution in [1.82, 2.24) is 20.1 Å². The second-order valence-corrected chi connectivity index (χ2v) is 9.45. The Bertz CT molecular complexity index is 1060. The van der Waals surface area contributed by atoms with E-state index in [-0.39, 0.29) is 11.0 Å². The summed E-state index contributed by atoms with van der Waals surface area (Å²) in [6, 6.07) is 14.9. The van der Waals surface area contributed by atoms with Gasteiger partial charge in [-0.2, -0.15) is 0 Å². The Balaban J connectivity index is 1.36. The lowest BCUT2D eigenvalue weighted by atomic mass is 9.76. The third-order valence-corrected chi connectivity index (χ3v) is 7.02. The summed E-state index contributed by atoms with van der Waals surface area (Å²) in [4.78, 5) is -0.358. The van der Waals surface area contributed by atoms with Crippen molar-refractivity contribution < 1.29 is 4.74 Å². The average molecular weight is 423 g/mol. The highest BCUT2D eigenvalue weighted by atomic mass is 35.5. The largest absolute Gasteiger partial charge is 0.490 e. The fourth-order valence-electron chi connectivity index (χ4n) is 4.83. The van der Waals surface area contributed by atoms with Gasteiger partial charge in [-0.25, -0.2) is 0 Å². The molecule has 0 bridgehead atoms. The van der Waals surface area contributed by atoms with E-state index in [2.05, 4.69) is 70.3 Å². The smallest absolute Gasteiger partial charge is 0.151 e. The molecule has 2 heterocycles. The fourth-order valence-corrected chi connectivity index (χ4v) is 5.30. The Morgan fingerprint density at radius 2 is 2.10 bits per heavy atom. The monoisotopic (exact) mass is 422 g/mol. The van der Waals surface area contributed by atoms with Crippen molar-refractivity contribution in [3.8, 4) is 11.4 Å². The van der Waals surface area contributed by atoms with E-state index >= 15 is 0 Å². The van der Waals surface area contributed by atoms with E-state index in [1.54, 1.807) is 6.33 Å². The highest BCUT2D eigenvalue weighted by Gasteiger charge is 2.40. The number of benzene rings is 2. The molecule has 1 fully saturated rings. The first kappa shape index (κ1) is 19.6. The van der Waals surface area contributed by atoms with Gasteiger partial charge in [0, 0.05) is 6.54 Å². The third kappa shape index (κ3) is 3.61. The van der Waals surface area contributed by atoms with Crippen LogP contribution < -0.4 is 10.1 Å². The van der Waals surface area contributed by atoms with Crippen molar-refractivity contribution in [2.45, 2.75) is 57.2 Å². The molecule has 6 heteroatoms. The first-order valence-corrected chi connectivity index (χ1v) is 11.1. The Morgan fingerprint density at radius 3 is 2.93 bits per heavy atom. The fraction of sp³-hybridized carbons (Fsp3) is 0.417. The predicted octanol–water partition coefficient (Wildman–Crippen LogP) is 4.88. The van der Waals surface area contributed by atoms with Gasteiger partial charge >= 0.3 is 0 Å². The normalized spacial score (nSPS) is 25.8. The molecule has 3 aromatic rings. The second kappa shape index (κ2) is 7.71. The maximum Gasteiger partial charge on any atom is 0.151 e. The summed E-state index contributed by atoms with van der Waals surface area (Å²) < 4.78 is 8.39. The molecule has 0 amide bonds. The predicted molar refractivity (Wildman–Crippen MR) is 118 cm³/mol. The summed E-state index contributed by atoms with van der Waals surface area (Å²) in [6.07, 6.45) is 4.73. The van der Waals surface area contributed by atoms with Crippen molar-refractivity contribution >= 4 is 11.6 Å². The summed E-state index contributed by atoms with van der Waals surface area (Å²) in [5.41, 5.74) is 4.78. The minimum absolute atomic E-state index is 0.195. The van der Waals surface area contributed by atoms with Gasteiger partial charge < -0.3 is 10.1 Å². The van der Waals surface area contributed by atoms with E-state index in [0.717, 1.165) is 43.1 Å². The summed E-state index contributed by atoms with van der Waals surface area (Å²) in [5.74, 6) is 2.26. The highest BCUT2D eigenvalue weighted by molar-refractivity contribution is 6.24. The summed E-state index contributed by atoms with van der Waals surface area (Å²) in [7, 11) is 0. The van der Waals surface area contributed by atoms with Crippen LogP contribution in [0.3, 0.4) is 0 Å². The van der Waals surface area contributed by atoms with Crippen molar-refractivity contribution in [1.29, 1.82) is 0 Å². The summed E-state index contributed by atoms with van der Waals surface area (Å²) >= 11 is 7.24. The zero-order chi connectivity index (χ0) is 20.7. The second-order valence-electron chi connectivity index (χ2n) is 8.72. The molecular formula is C24H27ClN4O. The number of alkyl halides is 1. The van der Waals surface area contributed by atoms with Gasteiger partial charge in [-0.3, -0.25) is 4.57 Å². The van der Waals surface area contributed by atoms with Crippen molar-refractivity contribution in [2.75, 3.05) is 0 Å². The molecular weight excluding hydrogens is 396 g/mol. The number of aryl methyl sites for hydroxylation is 1. The van der Waals surface area contributed by atoms with Gasteiger partial charge in [0.1, 0.15) is 18.2 Å². The molecule has 5 rings (SSSR count). The maximum atomic E-state index is 7.24. The Morgan fingerprint density at radius 1 is 1.20 bits per heavy atom. The number of rotatable bonds is 3. The number of hydrogen-bond acceptors (Lipinski definition) is 4. The first-order valence-electron chi connectivity index (χ1n) is 10.7. The van der Waals surface area contributed by atoms with Crippen molar-refractivity contribution in [3.05, 3.63) is 71.3 Å². The Kier molecular flexibility index (Phi) is 5.03. The van der Waals surface area contributed by atoms with E-state index < -0.39 is 0 Å². The molecule has 3 atom stereocenters. The van der Waals surface area contributed by atoms with Gasteiger partial charge in [0.15, 0.2) is 5.82 Å². The van der Waals surface area contributed by atoms with Gasteiger partial charge in [0.05, 0.1) is 17.1 Å². The standard InChI is InChI=1S/C24H27ClN4O/c1-16-4-3-5-20(10-16)30-22-8-9-24(25,12-17(22)2)19-6-7-21-18(11-19)13-26-14-23-28-27-15-29(21)23/h3-7,10-11,15,17,22,26H,8-9,12-14H2,1-2H3. The molecule has 1 aromatic heterocycles. The SMILES string of the molecule is Cc1cccc(OC2CCC(Cl)(c3ccc4c(c3)CNCc3nncn3-4)CC2C)c1. The molecule has 3 unspecified atom stereocenters. The minimum atomic E-state index is -0.358. The van der Waals surface area contributed by atoms with E-state index in [1.807, 2.05) is 6.07 Å². The summed E-state index contributed by atoms with van der Waals surface area (Å²) in [6.45, 7) is 5.86. The third-order valence-electron chi connectivity index (χ3n) is 6.46. The van der Waals surface area contributed by atoms with Crippen LogP contribution in [-0.4, -0.2) is 20.9 Å². The van der Waals surface area contributed by atoms with Gasteiger partial charge in [-0.05, 0) is 67.0 Å². The lowest BCUT2D eigenvalue weighted by Crippen LogP contribution is -2.38. The van der Waals surface area contributed by atoms with Gasteiger partial charge in [-0.15, -0.1) is 21.8 Å². The number of hydrogen-bond donors (Lipinski definition) is 1. The Hall–Kier alpha value is -2.37. The molecule has 0 saturated heterocycles. The van der Waals surface area contributed by atoms with Crippen molar-refractivity contribution in [3.63, 3.8) is 0 Å². The molecule has 0 spiro atoms. The molecule has 156 valence electrons.